The summed E-state index contributed by atoms with van der Waals surface area (Å²) in [6.07, 6.45) is 0. The van der Waals surface area contributed by atoms with Crippen LogP contribution in [0, 0.1) is 11.6 Å². The first-order chi connectivity index (χ1) is 17.7. The third-order valence-electron chi connectivity index (χ3n) is 6.69. The van der Waals surface area contributed by atoms with Crippen LogP contribution < -0.4 is 5.32 Å². The highest BCUT2D eigenvalue weighted by atomic mass is 19.1. The molecule has 1 N–H and O–H groups in total. The number of nitrogens with one attached hydrogen (secondary N) is 1. The van der Waals surface area contributed by atoms with E-state index in [0.29, 0.717) is 36.5 Å². The van der Waals surface area contributed by atoms with Gasteiger partial charge in [-0.25, -0.2) is 18.4 Å². The summed E-state index contributed by atoms with van der Waals surface area (Å²) in [5.74, 6) is -1.70. The van der Waals surface area contributed by atoms with Gasteiger partial charge in [0.15, 0.2) is 0 Å². The zero-order valence-corrected chi connectivity index (χ0v) is 21.0. The molecule has 0 aliphatic carbocycles. The van der Waals surface area contributed by atoms with Crippen molar-refractivity contribution in [2.45, 2.75) is 25.9 Å². The molecule has 0 aromatic heterocycles. The summed E-state index contributed by atoms with van der Waals surface area (Å²) in [5, 5.41) is 2.82. The predicted molar refractivity (Wildman–Crippen MR) is 132 cm³/mol. The summed E-state index contributed by atoms with van der Waals surface area (Å²) in [6, 6.07) is 9.84. The van der Waals surface area contributed by atoms with Gasteiger partial charge in [-0.3, -0.25) is 14.6 Å². The molecule has 37 heavy (non-hydrogen) atoms. The fourth-order valence-corrected chi connectivity index (χ4v) is 4.78. The van der Waals surface area contributed by atoms with E-state index in [4.69, 9.17) is 4.74 Å². The Labute approximate surface area is 214 Å². The molecule has 0 unspecified atom stereocenters. The number of piperazine rings is 1. The molecule has 10 heteroatoms. The Morgan fingerprint density at radius 1 is 1.08 bits per heavy atom. The van der Waals surface area contributed by atoms with Gasteiger partial charge in [0, 0.05) is 50.5 Å². The van der Waals surface area contributed by atoms with E-state index in [0.717, 1.165) is 0 Å². The van der Waals surface area contributed by atoms with Crippen molar-refractivity contribution in [1.29, 1.82) is 0 Å². The predicted octanol–water partition coefficient (Wildman–Crippen LogP) is 3.32. The molecule has 2 heterocycles. The van der Waals surface area contributed by atoms with Crippen LogP contribution in [0.4, 0.5) is 13.6 Å². The molecular weight excluding hydrogens is 482 g/mol. The normalized spacial score (nSPS) is 20.6. The van der Waals surface area contributed by atoms with Crippen LogP contribution in [-0.2, 0) is 9.53 Å². The second-order valence-electron chi connectivity index (χ2n) is 9.17. The minimum atomic E-state index is -0.799. The molecule has 4 rings (SSSR count). The molecule has 0 saturated carbocycles. The highest BCUT2D eigenvalue weighted by Gasteiger charge is 2.38. The van der Waals surface area contributed by atoms with Gasteiger partial charge in [-0.05, 0) is 49.7 Å². The van der Waals surface area contributed by atoms with Crippen LogP contribution >= 0.6 is 0 Å². The number of rotatable bonds is 6. The summed E-state index contributed by atoms with van der Waals surface area (Å²) < 4.78 is 32.5. The summed E-state index contributed by atoms with van der Waals surface area (Å²) in [6.45, 7) is 5.40. The van der Waals surface area contributed by atoms with Gasteiger partial charge in [-0.1, -0.05) is 18.2 Å². The summed E-state index contributed by atoms with van der Waals surface area (Å²) in [7, 11) is 1.58. The lowest BCUT2D eigenvalue weighted by molar-refractivity contribution is -0.139. The number of carbonyl (C=O) groups excluding carboxylic acids is 3. The van der Waals surface area contributed by atoms with Crippen molar-refractivity contribution in [3.63, 3.8) is 0 Å². The average Bonchev–Trinajstić information content (AvgIpc) is 2.87. The number of carbonyl (C=O) groups is 3. The topological polar surface area (TPSA) is 82.2 Å². The summed E-state index contributed by atoms with van der Waals surface area (Å²) in [4.78, 5) is 44.1. The highest BCUT2D eigenvalue weighted by molar-refractivity contribution is 5.95. The number of halogens is 2. The number of benzene rings is 2. The third-order valence-corrected chi connectivity index (χ3v) is 6.69. The van der Waals surface area contributed by atoms with Crippen molar-refractivity contribution in [2.24, 2.45) is 0 Å². The Hall–Kier alpha value is -3.79. The number of ether oxygens (including phenoxy) is 1. The van der Waals surface area contributed by atoms with Gasteiger partial charge in [0.05, 0.1) is 18.2 Å². The molecule has 1 saturated heterocycles. The molecule has 1 fully saturated rings. The number of esters is 1. The molecule has 2 aromatic carbocycles. The van der Waals surface area contributed by atoms with Crippen molar-refractivity contribution >= 4 is 17.9 Å². The van der Waals surface area contributed by atoms with E-state index < -0.39 is 29.7 Å². The molecule has 2 aliphatic heterocycles. The van der Waals surface area contributed by atoms with E-state index in [2.05, 4.69) is 10.2 Å². The largest absolute Gasteiger partial charge is 0.463 e. The van der Waals surface area contributed by atoms with Crippen molar-refractivity contribution in [3.8, 4) is 0 Å². The van der Waals surface area contributed by atoms with Crippen molar-refractivity contribution in [1.82, 2.24) is 20.0 Å². The van der Waals surface area contributed by atoms with Crippen LogP contribution in [0.3, 0.4) is 0 Å². The maximum Gasteiger partial charge on any atom is 0.338 e. The Bertz CT molecular complexity index is 1220. The van der Waals surface area contributed by atoms with E-state index in [1.165, 1.54) is 47.4 Å². The lowest BCUT2D eigenvalue weighted by Gasteiger charge is -2.42. The molecular formula is C27H30F2N4O4. The van der Waals surface area contributed by atoms with Crippen LogP contribution in [0.1, 0.15) is 35.8 Å². The van der Waals surface area contributed by atoms with Crippen molar-refractivity contribution < 1.29 is 27.9 Å². The number of hydrogen-bond donors (Lipinski definition) is 1. The number of nitrogens with zero attached hydrogens (tertiary/aromatic N) is 3. The first kappa shape index (κ1) is 26.3. The van der Waals surface area contributed by atoms with E-state index in [-0.39, 0.29) is 30.7 Å². The Kier molecular flexibility index (Phi) is 7.87. The second-order valence-corrected chi connectivity index (χ2v) is 9.17. The maximum atomic E-state index is 13.6. The SMILES string of the molecule is CCOC(=O)C1=C(CN2CCN(C(=O)c3cccc(F)c3)[C@@H](C)C2)N(C)C(=O)N[C@H]1c1ccc(F)cc1. The van der Waals surface area contributed by atoms with Crippen LogP contribution in [0.15, 0.2) is 59.8 Å². The van der Waals surface area contributed by atoms with Gasteiger partial charge in [-0.15, -0.1) is 0 Å². The zero-order chi connectivity index (χ0) is 26.7. The monoisotopic (exact) mass is 512 g/mol. The standard InChI is InChI=1S/C27H30F2N4O4/c1-4-37-26(35)23-22(31(3)27(36)30-24(23)18-8-10-20(28)11-9-18)16-32-12-13-33(17(2)15-32)25(34)19-6-5-7-21(29)14-19/h5-11,14,17,24H,4,12-13,15-16H2,1-3H3,(H,30,36)/t17-,24-/m0/s1. The number of amides is 3. The minimum absolute atomic E-state index is 0.154. The molecule has 8 nitrogen and oxygen atoms in total. The minimum Gasteiger partial charge on any atom is -0.463 e. The van der Waals surface area contributed by atoms with Crippen LogP contribution in [-0.4, -0.2) is 78.5 Å². The molecule has 0 bridgehead atoms. The molecule has 2 aromatic rings. The van der Waals surface area contributed by atoms with Gasteiger partial charge in [0.1, 0.15) is 11.6 Å². The van der Waals surface area contributed by atoms with Gasteiger partial charge in [0.25, 0.3) is 5.91 Å². The van der Waals surface area contributed by atoms with E-state index in [1.807, 2.05) is 6.92 Å². The molecule has 0 spiro atoms. The van der Waals surface area contributed by atoms with E-state index in [9.17, 15) is 23.2 Å². The van der Waals surface area contributed by atoms with E-state index in [1.54, 1.807) is 24.9 Å². The Morgan fingerprint density at radius 3 is 2.46 bits per heavy atom. The first-order valence-corrected chi connectivity index (χ1v) is 12.2. The lowest BCUT2D eigenvalue weighted by Crippen LogP contribution is -2.56. The smallest absolute Gasteiger partial charge is 0.338 e. The average molecular weight is 513 g/mol. The number of hydrogen-bond acceptors (Lipinski definition) is 5. The summed E-state index contributed by atoms with van der Waals surface area (Å²) >= 11 is 0. The zero-order valence-electron chi connectivity index (χ0n) is 21.0. The first-order valence-electron chi connectivity index (χ1n) is 12.2. The van der Waals surface area contributed by atoms with Crippen LogP contribution in [0.25, 0.3) is 0 Å². The van der Waals surface area contributed by atoms with Crippen LogP contribution in [0.5, 0.6) is 0 Å². The third kappa shape index (κ3) is 5.64. The van der Waals surface area contributed by atoms with Gasteiger partial charge >= 0.3 is 12.0 Å². The number of urea groups is 1. The lowest BCUT2D eigenvalue weighted by atomic mass is 9.94. The van der Waals surface area contributed by atoms with Crippen molar-refractivity contribution in [2.75, 3.05) is 39.8 Å². The van der Waals surface area contributed by atoms with Gasteiger partial charge in [-0.2, -0.15) is 0 Å². The molecule has 0 radical (unpaired) electrons. The van der Waals surface area contributed by atoms with Crippen molar-refractivity contribution in [3.05, 3.63) is 82.6 Å². The van der Waals surface area contributed by atoms with Crippen LogP contribution in [0.2, 0.25) is 0 Å². The Morgan fingerprint density at radius 2 is 1.81 bits per heavy atom. The fraction of sp³-hybridized carbons (Fsp3) is 0.370. The molecule has 3 amide bonds. The quantitative estimate of drug-likeness (QED) is 0.601. The van der Waals surface area contributed by atoms with Gasteiger partial charge < -0.3 is 15.0 Å². The Balaban J connectivity index is 1.59. The second kappa shape index (κ2) is 11.1. The summed E-state index contributed by atoms with van der Waals surface area (Å²) in [5.41, 5.74) is 1.61. The van der Waals surface area contributed by atoms with E-state index >= 15 is 0 Å². The van der Waals surface area contributed by atoms with Gasteiger partial charge in [0.2, 0.25) is 0 Å². The highest BCUT2D eigenvalue weighted by Crippen LogP contribution is 2.32. The molecule has 2 aliphatic rings. The number of likely N-dealkylation sites (N-methyl/N-ethyl adjacent to an activating group) is 1. The maximum absolute atomic E-state index is 13.6. The fourth-order valence-electron chi connectivity index (χ4n) is 4.78. The molecule has 196 valence electrons. The molecule has 2 atom stereocenters.